The molecular formula is C19H24ClN3O. The molecule has 0 N–H and O–H groups in total. The van der Waals surface area contributed by atoms with E-state index >= 15 is 0 Å². The molecule has 1 atom stereocenters. The van der Waals surface area contributed by atoms with E-state index < -0.39 is 0 Å². The Hall–Kier alpha value is -1.36. The topological polar surface area (TPSA) is 30.3 Å². The Morgan fingerprint density at radius 1 is 1.29 bits per heavy atom. The quantitative estimate of drug-likeness (QED) is 0.840. The Bertz CT molecular complexity index is 710. The Morgan fingerprint density at radius 3 is 2.92 bits per heavy atom. The summed E-state index contributed by atoms with van der Waals surface area (Å²) in [5, 5.41) is 5.77. The fourth-order valence-electron chi connectivity index (χ4n) is 4.01. The van der Waals surface area contributed by atoms with Crippen LogP contribution >= 0.6 is 11.6 Å². The minimum absolute atomic E-state index is 0.406. The van der Waals surface area contributed by atoms with Gasteiger partial charge in [-0.15, -0.1) is 0 Å². The second-order valence-electron chi connectivity index (χ2n) is 6.68. The standard InChI is InChI=1S/C19H24ClN3O/c1-2-23-17-9-11-24-13-16(17)19(21-23)18-4-3-10-22(18)12-14-5-7-15(20)8-6-14/h5-8,18H,2-4,9-13H2,1H3. The summed E-state index contributed by atoms with van der Waals surface area (Å²) in [6.45, 7) is 6.73. The second kappa shape index (κ2) is 6.87. The number of likely N-dealkylation sites (tertiary alicyclic amines) is 1. The summed E-state index contributed by atoms with van der Waals surface area (Å²) >= 11 is 6.01. The molecule has 1 fully saturated rings. The van der Waals surface area contributed by atoms with Crippen molar-refractivity contribution in [3.63, 3.8) is 0 Å². The van der Waals surface area contributed by atoms with E-state index in [9.17, 15) is 0 Å². The SMILES string of the molecule is CCn1nc(C2CCCN2Cc2ccc(Cl)cc2)c2c1CCOC2. The van der Waals surface area contributed by atoms with E-state index in [1.54, 1.807) is 0 Å². The van der Waals surface area contributed by atoms with E-state index in [2.05, 4.69) is 28.6 Å². The lowest BCUT2D eigenvalue weighted by atomic mass is 10.0. The molecule has 1 unspecified atom stereocenters. The van der Waals surface area contributed by atoms with Gasteiger partial charge >= 0.3 is 0 Å². The molecule has 5 heteroatoms. The number of rotatable bonds is 4. The van der Waals surface area contributed by atoms with Gasteiger partial charge in [0.05, 0.1) is 24.9 Å². The van der Waals surface area contributed by atoms with Crippen LogP contribution in [0.1, 0.15) is 48.3 Å². The Balaban J connectivity index is 1.61. The molecule has 0 amide bonds. The highest BCUT2D eigenvalue weighted by Gasteiger charge is 2.32. The number of hydrogen-bond donors (Lipinski definition) is 0. The van der Waals surface area contributed by atoms with Crippen LogP contribution in [0.2, 0.25) is 5.02 Å². The summed E-state index contributed by atoms with van der Waals surface area (Å²) in [5.74, 6) is 0. The van der Waals surface area contributed by atoms with Crippen LogP contribution in [0.3, 0.4) is 0 Å². The van der Waals surface area contributed by atoms with Crippen LogP contribution in [0.5, 0.6) is 0 Å². The summed E-state index contributed by atoms with van der Waals surface area (Å²) in [5.41, 5.74) is 5.29. The van der Waals surface area contributed by atoms with Crippen molar-refractivity contribution in [2.45, 2.75) is 51.9 Å². The maximum absolute atomic E-state index is 6.01. The van der Waals surface area contributed by atoms with Crippen LogP contribution < -0.4 is 0 Å². The molecule has 0 aliphatic carbocycles. The fourth-order valence-corrected chi connectivity index (χ4v) is 4.14. The predicted molar refractivity (Wildman–Crippen MR) is 95.1 cm³/mol. The van der Waals surface area contributed by atoms with Crippen LogP contribution in [0.15, 0.2) is 24.3 Å². The minimum atomic E-state index is 0.406. The van der Waals surface area contributed by atoms with Gasteiger partial charge < -0.3 is 4.74 Å². The third-order valence-corrected chi connectivity index (χ3v) is 5.46. The average molecular weight is 346 g/mol. The molecule has 0 bridgehead atoms. The molecular weight excluding hydrogens is 322 g/mol. The van der Waals surface area contributed by atoms with Gasteiger partial charge in [0, 0.05) is 35.8 Å². The molecule has 2 aliphatic heterocycles. The van der Waals surface area contributed by atoms with Crippen molar-refractivity contribution in [2.24, 2.45) is 0 Å². The number of nitrogens with zero attached hydrogens (tertiary/aromatic N) is 3. The van der Waals surface area contributed by atoms with E-state index in [1.807, 2.05) is 12.1 Å². The highest BCUT2D eigenvalue weighted by molar-refractivity contribution is 6.30. The number of aryl methyl sites for hydroxylation is 1. The van der Waals surface area contributed by atoms with E-state index in [0.29, 0.717) is 6.04 Å². The highest BCUT2D eigenvalue weighted by atomic mass is 35.5. The van der Waals surface area contributed by atoms with Gasteiger partial charge in [0.1, 0.15) is 0 Å². The molecule has 24 heavy (non-hydrogen) atoms. The van der Waals surface area contributed by atoms with Gasteiger partial charge in [-0.05, 0) is 44.0 Å². The van der Waals surface area contributed by atoms with Gasteiger partial charge in [0.15, 0.2) is 0 Å². The van der Waals surface area contributed by atoms with Gasteiger partial charge in [0.2, 0.25) is 0 Å². The van der Waals surface area contributed by atoms with E-state index in [0.717, 1.165) is 44.3 Å². The summed E-state index contributed by atoms with van der Waals surface area (Å²) in [6, 6.07) is 8.61. The van der Waals surface area contributed by atoms with Gasteiger partial charge in [-0.25, -0.2) is 0 Å². The number of benzene rings is 1. The highest BCUT2D eigenvalue weighted by Crippen LogP contribution is 2.36. The smallest absolute Gasteiger partial charge is 0.0854 e. The first-order valence-corrected chi connectivity index (χ1v) is 9.28. The van der Waals surface area contributed by atoms with E-state index in [4.69, 9.17) is 21.4 Å². The van der Waals surface area contributed by atoms with Crippen LogP contribution in [-0.4, -0.2) is 27.8 Å². The van der Waals surface area contributed by atoms with Gasteiger partial charge in [-0.1, -0.05) is 23.7 Å². The molecule has 2 aliphatic rings. The summed E-state index contributed by atoms with van der Waals surface area (Å²) in [7, 11) is 0. The Kier molecular flexibility index (Phi) is 4.61. The number of halogens is 1. The van der Waals surface area contributed by atoms with Crippen LogP contribution in [0, 0.1) is 0 Å². The first-order chi connectivity index (χ1) is 11.8. The van der Waals surface area contributed by atoms with Crippen molar-refractivity contribution >= 4 is 11.6 Å². The van der Waals surface area contributed by atoms with Crippen LogP contribution in [0.25, 0.3) is 0 Å². The molecule has 0 saturated carbocycles. The summed E-state index contributed by atoms with van der Waals surface area (Å²) in [4.78, 5) is 2.56. The Morgan fingerprint density at radius 2 is 2.12 bits per heavy atom. The third kappa shape index (κ3) is 2.99. The number of fused-ring (bicyclic) bond motifs is 1. The van der Waals surface area contributed by atoms with E-state index in [1.165, 1.54) is 35.4 Å². The first kappa shape index (κ1) is 16.1. The fraction of sp³-hybridized carbons (Fsp3) is 0.526. The van der Waals surface area contributed by atoms with Crippen molar-refractivity contribution < 1.29 is 4.74 Å². The lowest BCUT2D eigenvalue weighted by Gasteiger charge is -2.25. The minimum Gasteiger partial charge on any atom is -0.376 e. The second-order valence-corrected chi connectivity index (χ2v) is 7.12. The van der Waals surface area contributed by atoms with Gasteiger partial charge in [0.25, 0.3) is 0 Å². The first-order valence-electron chi connectivity index (χ1n) is 8.91. The number of aromatic nitrogens is 2. The van der Waals surface area contributed by atoms with E-state index in [-0.39, 0.29) is 0 Å². The molecule has 1 aromatic heterocycles. The number of ether oxygens (including phenoxy) is 1. The maximum atomic E-state index is 6.01. The third-order valence-electron chi connectivity index (χ3n) is 5.20. The molecule has 4 rings (SSSR count). The molecule has 3 heterocycles. The molecule has 0 spiro atoms. The lowest BCUT2D eigenvalue weighted by Crippen LogP contribution is -2.24. The zero-order chi connectivity index (χ0) is 16.5. The van der Waals surface area contributed by atoms with Gasteiger partial charge in [-0.2, -0.15) is 5.10 Å². The maximum Gasteiger partial charge on any atom is 0.0854 e. The molecule has 1 saturated heterocycles. The zero-order valence-electron chi connectivity index (χ0n) is 14.2. The average Bonchev–Trinajstić information content (AvgIpc) is 3.21. The molecule has 128 valence electrons. The summed E-state index contributed by atoms with van der Waals surface area (Å²) < 4.78 is 7.92. The Labute approximate surface area is 148 Å². The molecule has 0 radical (unpaired) electrons. The van der Waals surface area contributed by atoms with Crippen molar-refractivity contribution in [2.75, 3.05) is 13.2 Å². The van der Waals surface area contributed by atoms with Crippen molar-refractivity contribution in [3.8, 4) is 0 Å². The lowest BCUT2D eigenvalue weighted by molar-refractivity contribution is 0.107. The van der Waals surface area contributed by atoms with Gasteiger partial charge in [-0.3, -0.25) is 9.58 Å². The zero-order valence-corrected chi connectivity index (χ0v) is 14.9. The van der Waals surface area contributed by atoms with Crippen LogP contribution in [-0.2, 0) is 30.9 Å². The molecule has 1 aromatic carbocycles. The summed E-state index contributed by atoms with van der Waals surface area (Å²) in [6.07, 6.45) is 3.40. The van der Waals surface area contributed by atoms with Crippen molar-refractivity contribution in [1.82, 2.24) is 14.7 Å². The largest absolute Gasteiger partial charge is 0.376 e. The molecule has 2 aromatic rings. The normalized spacial score (nSPS) is 21.2. The number of hydrogen-bond acceptors (Lipinski definition) is 3. The van der Waals surface area contributed by atoms with Crippen LogP contribution in [0.4, 0.5) is 0 Å². The van der Waals surface area contributed by atoms with Crippen molar-refractivity contribution in [3.05, 3.63) is 51.8 Å². The van der Waals surface area contributed by atoms with Crippen molar-refractivity contribution in [1.29, 1.82) is 0 Å². The predicted octanol–water partition coefficient (Wildman–Crippen LogP) is 3.97. The molecule has 4 nitrogen and oxygen atoms in total. The monoisotopic (exact) mass is 345 g/mol.